The summed E-state index contributed by atoms with van der Waals surface area (Å²) in [7, 11) is 0. The molecule has 3 nitrogen and oxygen atoms in total. The second kappa shape index (κ2) is 7.32. The van der Waals surface area contributed by atoms with E-state index < -0.39 is 6.10 Å². The van der Waals surface area contributed by atoms with Crippen LogP contribution in [0.4, 0.5) is 5.69 Å². The van der Waals surface area contributed by atoms with Crippen LogP contribution >= 0.6 is 0 Å². The quantitative estimate of drug-likeness (QED) is 0.858. The fourth-order valence-corrected chi connectivity index (χ4v) is 2.43. The van der Waals surface area contributed by atoms with Gasteiger partial charge in [-0.2, -0.15) is 0 Å². The smallest absolute Gasteiger partial charge is 0.265 e. The maximum Gasteiger partial charge on any atom is 0.265 e. The number of aryl methyl sites for hydroxylation is 2. The first-order chi connectivity index (χ1) is 10.9. The highest BCUT2D eigenvalue weighted by Crippen LogP contribution is 2.22. The lowest BCUT2D eigenvalue weighted by atomic mass is 10.0. The first-order valence-corrected chi connectivity index (χ1v) is 8.02. The number of rotatable bonds is 5. The van der Waals surface area contributed by atoms with Crippen LogP contribution in [0, 0.1) is 13.8 Å². The van der Waals surface area contributed by atoms with Crippen LogP contribution in [0.15, 0.2) is 42.5 Å². The average molecular weight is 311 g/mol. The summed E-state index contributed by atoms with van der Waals surface area (Å²) in [5, 5.41) is 2.96. The number of ether oxygens (including phenoxy) is 1. The fourth-order valence-electron chi connectivity index (χ4n) is 2.43. The van der Waals surface area contributed by atoms with Crippen LogP contribution in [0.1, 0.15) is 43.4 Å². The van der Waals surface area contributed by atoms with Crippen LogP contribution in [0.2, 0.25) is 0 Å². The van der Waals surface area contributed by atoms with Crippen molar-refractivity contribution >= 4 is 11.6 Å². The molecular weight excluding hydrogens is 286 g/mol. The number of anilines is 1. The number of hydrogen-bond donors (Lipinski definition) is 1. The first-order valence-electron chi connectivity index (χ1n) is 8.02. The first kappa shape index (κ1) is 17.1. The van der Waals surface area contributed by atoms with Gasteiger partial charge in [-0.05, 0) is 55.5 Å². The summed E-state index contributed by atoms with van der Waals surface area (Å²) in [6, 6.07) is 13.9. The van der Waals surface area contributed by atoms with E-state index in [9.17, 15) is 4.79 Å². The molecule has 0 fully saturated rings. The highest BCUT2D eigenvalue weighted by Gasteiger charge is 2.16. The van der Waals surface area contributed by atoms with Gasteiger partial charge in [0.15, 0.2) is 6.10 Å². The molecule has 2 aromatic carbocycles. The minimum atomic E-state index is -0.557. The molecule has 0 spiro atoms. The molecule has 0 aromatic heterocycles. The van der Waals surface area contributed by atoms with E-state index >= 15 is 0 Å². The third-order valence-electron chi connectivity index (χ3n) is 3.96. The van der Waals surface area contributed by atoms with Crippen molar-refractivity contribution in [1.29, 1.82) is 0 Å². The van der Waals surface area contributed by atoms with Gasteiger partial charge in [-0.25, -0.2) is 0 Å². The molecule has 0 aliphatic carbocycles. The normalized spacial score (nSPS) is 12.1. The standard InChI is InChI=1S/C20H25NO2/c1-13(2)17-9-11-18(12-10-17)23-16(5)20(22)21-19-14(3)7-6-8-15(19)4/h6-13,16H,1-5H3,(H,21,22)/t16-/m1/s1. The Morgan fingerprint density at radius 3 is 2.04 bits per heavy atom. The van der Waals surface area contributed by atoms with Crippen molar-refractivity contribution in [2.24, 2.45) is 0 Å². The lowest BCUT2D eigenvalue weighted by molar-refractivity contribution is -0.122. The Balaban J connectivity index is 2.02. The number of para-hydroxylation sites is 1. The summed E-state index contributed by atoms with van der Waals surface area (Å²) < 4.78 is 5.75. The maximum absolute atomic E-state index is 12.4. The van der Waals surface area contributed by atoms with Crippen molar-refractivity contribution in [3.63, 3.8) is 0 Å². The Morgan fingerprint density at radius 1 is 0.957 bits per heavy atom. The molecule has 2 rings (SSSR count). The van der Waals surface area contributed by atoms with Crippen LogP contribution in [-0.4, -0.2) is 12.0 Å². The predicted molar refractivity (Wildman–Crippen MR) is 95.2 cm³/mol. The zero-order valence-electron chi connectivity index (χ0n) is 14.5. The van der Waals surface area contributed by atoms with E-state index in [4.69, 9.17) is 4.74 Å². The van der Waals surface area contributed by atoms with Crippen molar-refractivity contribution < 1.29 is 9.53 Å². The number of carbonyl (C=O) groups is 1. The van der Waals surface area contributed by atoms with E-state index in [-0.39, 0.29) is 5.91 Å². The van der Waals surface area contributed by atoms with Gasteiger partial charge in [0.25, 0.3) is 5.91 Å². The van der Waals surface area contributed by atoms with Crippen LogP contribution in [-0.2, 0) is 4.79 Å². The molecule has 3 heteroatoms. The highest BCUT2D eigenvalue weighted by atomic mass is 16.5. The lowest BCUT2D eigenvalue weighted by Crippen LogP contribution is -2.30. The minimum absolute atomic E-state index is 0.143. The zero-order valence-corrected chi connectivity index (χ0v) is 14.5. The summed E-state index contributed by atoms with van der Waals surface area (Å²) in [4.78, 5) is 12.4. The molecule has 0 radical (unpaired) electrons. The van der Waals surface area contributed by atoms with Gasteiger partial charge >= 0.3 is 0 Å². The van der Waals surface area contributed by atoms with E-state index in [1.807, 2.05) is 56.3 Å². The summed E-state index contributed by atoms with van der Waals surface area (Å²) in [5.74, 6) is 1.04. The highest BCUT2D eigenvalue weighted by molar-refractivity contribution is 5.95. The lowest BCUT2D eigenvalue weighted by Gasteiger charge is -2.17. The summed E-state index contributed by atoms with van der Waals surface area (Å²) >= 11 is 0. The molecule has 0 saturated carbocycles. The second-order valence-electron chi connectivity index (χ2n) is 6.24. The van der Waals surface area contributed by atoms with Crippen LogP contribution in [0.25, 0.3) is 0 Å². The number of carbonyl (C=O) groups excluding carboxylic acids is 1. The van der Waals surface area contributed by atoms with Gasteiger partial charge in [-0.15, -0.1) is 0 Å². The summed E-state index contributed by atoms with van der Waals surface area (Å²) in [6.07, 6.45) is -0.557. The van der Waals surface area contributed by atoms with Crippen molar-refractivity contribution in [1.82, 2.24) is 0 Å². The van der Waals surface area contributed by atoms with Gasteiger partial charge in [-0.3, -0.25) is 4.79 Å². The molecule has 0 bridgehead atoms. The van der Waals surface area contributed by atoms with E-state index in [0.29, 0.717) is 11.7 Å². The second-order valence-corrected chi connectivity index (χ2v) is 6.24. The summed E-state index contributed by atoms with van der Waals surface area (Å²) in [5.41, 5.74) is 4.21. The predicted octanol–water partition coefficient (Wildman–Crippen LogP) is 4.83. The topological polar surface area (TPSA) is 38.3 Å². The van der Waals surface area contributed by atoms with Crippen molar-refractivity contribution in [3.05, 3.63) is 59.2 Å². The van der Waals surface area contributed by atoms with Crippen molar-refractivity contribution in [3.8, 4) is 5.75 Å². The maximum atomic E-state index is 12.4. The molecule has 0 aliphatic rings. The Morgan fingerprint density at radius 2 is 1.52 bits per heavy atom. The van der Waals surface area contributed by atoms with Gasteiger partial charge in [-0.1, -0.05) is 44.2 Å². The Labute approximate surface area is 138 Å². The van der Waals surface area contributed by atoms with E-state index in [1.165, 1.54) is 5.56 Å². The van der Waals surface area contributed by atoms with Crippen LogP contribution in [0.5, 0.6) is 5.75 Å². The van der Waals surface area contributed by atoms with E-state index in [0.717, 1.165) is 16.8 Å². The molecular formula is C20H25NO2. The summed E-state index contributed by atoms with van der Waals surface area (Å²) in [6.45, 7) is 10.0. The average Bonchev–Trinajstić information content (AvgIpc) is 2.51. The Kier molecular flexibility index (Phi) is 5.43. The van der Waals surface area contributed by atoms with Gasteiger partial charge in [0.05, 0.1) is 0 Å². The largest absolute Gasteiger partial charge is 0.481 e. The minimum Gasteiger partial charge on any atom is -0.481 e. The SMILES string of the molecule is Cc1cccc(C)c1NC(=O)[C@@H](C)Oc1ccc(C(C)C)cc1. The van der Waals surface area contributed by atoms with Gasteiger partial charge < -0.3 is 10.1 Å². The van der Waals surface area contributed by atoms with Gasteiger partial charge in [0, 0.05) is 5.69 Å². The van der Waals surface area contributed by atoms with Crippen molar-refractivity contribution in [2.75, 3.05) is 5.32 Å². The monoisotopic (exact) mass is 311 g/mol. The molecule has 1 atom stereocenters. The molecule has 1 N–H and O–H groups in total. The Hall–Kier alpha value is -2.29. The fraction of sp³-hybridized carbons (Fsp3) is 0.350. The zero-order chi connectivity index (χ0) is 17.0. The molecule has 0 saturated heterocycles. The molecule has 0 aliphatic heterocycles. The Bertz CT molecular complexity index is 654. The van der Waals surface area contributed by atoms with Gasteiger partial charge in [0.2, 0.25) is 0 Å². The molecule has 1 amide bonds. The molecule has 122 valence electrons. The van der Waals surface area contributed by atoms with Crippen LogP contribution < -0.4 is 10.1 Å². The molecule has 0 heterocycles. The van der Waals surface area contributed by atoms with Crippen molar-refractivity contribution in [2.45, 2.75) is 46.6 Å². The number of benzene rings is 2. The van der Waals surface area contributed by atoms with E-state index in [1.54, 1.807) is 6.92 Å². The van der Waals surface area contributed by atoms with Crippen LogP contribution in [0.3, 0.4) is 0 Å². The molecule has 2 aromatic rings. The number of amides is 1. The number of hydrogen-bond acceptors (Lipinski definition) is 2. The van der Waals surface area contributed by atoms with Gasteiger partial charge in [0.1, 0.15) is 5.75 Å². The van der Waals surface area contributed by atoms with E-state index in [2.05, 4.69) is 19.2 Å². The third kappa shape index (κ3) is 4.35. The third-order valence-corrected chi connectivity index (χ3v) is 3.96. The molecule has 0 unspecified atom stereocenters. The molecule has 23 heavy (non-hydrogen) atoms. The number of nitrogens with one attached hydrogen (secondary N) is 1.